The van der Waals surface area contributed by atoms with E-state index in [2.05, 4.69) is 5.32 Å². The number of ether oxygens (including phenoxy) is 3. The zero-order valence-corrected chi connectivity index (χ0v) is 21.4. The number of esters is 2. The molecule has 8 nitrogen and oxygen atoms in total. The van der Waals surface area contributed by atoms with Crippen molar-refractivity contribution in [3.63, 3.8) is 0 Å². The quantitative estimate of drug-likeness (QED) is 0.443. The molecule has 4 rings (SSSR count). The predicted octanol–water partition coefficient (Wildman–Crippen LogP) is 4.28. The number of Topliss-reactive ketones (excluding diaryl/α,β-unsaturated/α-hetero) is 1. The molecule has 2 N–H and O–H groups in total. The average Bonchev–Trinajstić information content (AvgIpc) is 2.85. The highest BCUT2D eigenvalue weighted by Gasteiger charge is 2.47. The number of allylic oxidation sites excluding steroid dienone is 3. The summed E-state index contributed by atoms with van der Waals surface area (Å²) < 4.78 is 16.5. The van der Waals surface area contributed by atoms with Gasteiger partial charge in [-0.1, -0.05) is 19.4 Å². The molecular weight excluding hydrogens is 462 g/mol. The summed E-state index contributed by atoms with van der Waals surface area (Å²) in [6.07, 6.45) is 5.09. The molecule has 1 aliphatic heterocycles. The lowest BCUT2D eigenvalue weighted by Gasteiger charge is -2.38. The van der Waals surface area contributed by atoms with Crippen molar-refractivity contribution in [2.45, 2.75) is 71.3 Å². The molecule has 0 radical (unpaired) electrons. The van der Waals surface area contributed by atoms with Crippen LogP contribution >= 0.6 is 0 Å². The van der Waals surface area contributed by atoms with E-state index >= 15 is 0 Å². The molecule has 1 saturated carbocycles. The minimum atomic E-state index is -0.962. The first-order valence-corrected chi connectivity index (χ1v) is 12.8. The molecule has 1 fully saturated rings. The molecule has 3 atom stereocenters. The highest BCUT2D eigenvalue weighted by molar-refractivity contribution is 6.12. The largest absolute Gasteiger partial charge is 0.504 e. The van der Waals surface area contributed by atoms with E-state index in [1.54, 1.807) is 26.0 Å². The van der Waals surface area contributed by atoms with Crippen LogP contribution in [0.25, 0.3) is 0 Å². The first kappa shape index (κ1) is 25.8. The Labute approximate surface area is 211 Å². The zero-order valence-electron chi connectivity index (χ0n) is 21.4. The fourth-order valence-electron chi connectivity index (χ4n) is 5.66. The highest BCUT2D eigenvalue weighted by atomic mass is 16.5. The van der Waals surface area contributed by atoms with Crippen molar-refractivity contribution >= 4 is 17.7 Å². The van der Waals surface area contributed by atoms with E-state index in [0.717, 1.165) is 32.1 Å². The van der Waals surface area contributed by atoms with Crippen LogP contribution in [-0.2, 0) is 23.9 Å². The van der Waals surface area contributed by atoms with Crippen LogP contribution in [0.15, 0.2) is 40.7 Å². The average molecular weight is 498 g/mol. The number of phenolic OH excluding ortho intramolecular Hbond substituents is 1. The van der Waals surface area contributed by atoms with Crippen LogP contribution in [0.4, 0.5) is 0 Å². The molecule has 1 aromatic rings. The topological polar surface area (TPSA) is 111 Å². The number of hydrogen-bond acceptors (Lipinski definition) is 8. The van der Waals surface area contributed by atoms with Crippen molar-refractivity contribution in [1.29, 1.82) is 0 Å². The summed E-state index contributed by atoms with van der Waals surface area (Å²) >= 11 is 0. The summed E-state index contributed by atoms with van der Waals surface area (Å²) in [5.74, 6) is -3.21. The molecule has 0 amide bonds. The molecule has 0 spiro atoms. The van der Waals surface area contributed by atoms with E-state index in [9.17, 15) is 19.5 Å². The molecule has 8 heteroatoms. The molecular formula is C28H35NO7. The summed E-state index contributed by atoms with van der Waals surface area (Å²) in [6.45, 7) is 5.80. The van der Waals surface area contributed by atoms with Crippen molar-refractivity contribution in [2.24, 2.45) is 11.8 Å². The Hall–Kier alpha value is -3.29. The van der Waals surface area contributed by atoms with Crippen LogP contribution < -0.4 is 10.1 Å². The van der Waals surface area contributed by atoms with E-state index in [1.807, 2.05) is 6.92 Å². The third-order valence-corrected chi connectivity index (χ3v) is 7.41. The SMILES string of the molecule is CCOc1cc(C2C(C(=O)OC3CCCCC3)=C(C)NC3=C2C(=O)C(C(=O)OC)C(C)C3)ccc1O. The summed E-state index contributed by atoms with van der Waals surface area (Å²) in [4.78, 5) is 40.1. The molecule has 2 aliphatic carbocycles. The number of ketones is 1. The van der Waals surface area contributed by atoms with Gasteiger partial charge in [0.05, 0.1) is 19.3 Å². The number of rotatable bonds is 6. The predicted molar refractivity (Wildman–Crippen MR) is 132 cm³/mol. The lowest BCUT2D eigenvalue weighted by molar-refractivity contribution is -0.151. The maximum Gasteiger partial charge on any atom is 0.337 e. The van der Waals surface area contributed by atoms with Gasteiger partial charge in [-0.15, -0.1) is 0 Å². The van der Waals surface area contributed by atoms with E-state index in [4.69, 9.17) is 14.2 Å². The van der Waals surface area contributed by atoms with Crippen LogP contribution in [0.2, 0.25) is 0 Å². The van der Waals surface area contributed by atoms with Crippen molar-refractivity contribution in [2.75, 3.05) is 13.7 Å². The molecule has 3 aliphatic rings. The Morgan fingerprint density at radius 2 is 1.89 bits per heavy atom. The number of carbonyl (C=O) groups is 3. The maximum atomic E-state index is 13.8. The van der Waals surface area contributed by atoms with Crippen molar-refractivity contribution in [3.05, 3.63) is 46.3 Å². The lowest BCUT2D eigenvalue weighted by atomic mass is 9.69. The number of phenols is 1. The van der Waals surface area contributed by atoms with Gasteiger partial charge in [0.1, 0.15) is 12.0 Å². The third kappa shape index (κ3) is 4.86. The molecule has 1 aromatic carbocycles. The van der Waals surface area contributed by atoms with Crippen LogP contribution in [0.3, 0.4) is 0 Å². The number of carbonyl (C=O) groups excluding carboxylic acids is 3. The van der Waals surface area contributed by atoms with Gasteiger partial charge in [-0.25, -0.2) is 4.79 Å². The number of aromatic hydroxyl groups is 1. The van der Waals surface area contributed by atoms with E-state index < -0.39 is 23.8 Å². The molecule has 0 saturated heterocycles. The molecule has 36 heavy (non-hydrogen) atoms. The van der Waals surface area contributed by atoms with Crippen molar-refractivity contribution in [3.8, 4) is 11.5 Å². The lowest BCUT2D eigenvalue weighted by Crippen LogP contribution is -2.43. The first-order chi connectivity index (χ1) is 17.3. The van der Waals surface area contributed by atoms with E-state index in [0.29, 0.717) is 41.1 Å². The fourth-order valence-corrected chi connectivity index (χ4v) is 5.66. The Kier molecular flexibility index (Phi) is 7.71. The van der Waals surface area contributed by atoms with Crippen molar-refractivity contribution in [1.82, 2.24) is 5.32 Å². The standard InChI is InChI=1S/C28H35NO7/c1-5-35-21-14-17(11-12-20(21)30)24-23(28(33)36-18-9-7-6-8-10-18)16(3)29-19-13-15(2)22(27(32)34-4)26(31)25(19)24/h11-12,14-15,18,22,24,29-30H,5-10,13H2,1-4H3. The van der Waals surface area contributed by atoms with E-state index in [-0.39, 0.29) is 29.3 Å². The van der Waals surface area contributed by atoms with Crippen LogP contribution in [0, 0.1) is 11.8 Å². The number of methoxy groups -OCH3 is 1. The summed E-state index contributed by atoms with van der Waals surface area (Å²) in [5, 5.41) is 13.6. The monoisotopic (exact) mass is 497 g/mol. The molecule has 0 bridgehead atoms. The first-order valence-electron chi connectivity index (χ1n) is 12.8. The zero-order chi connectivity index (χ0) is 26.0. The Morgan fingerprint density at radius 3 is 2.56 bits per heavy atom. The van der Waals surface area contributed by atoms with Crippen LogP contribution in [-0.4, -0.2) is 42.6 Å². The minimum absolute atomic E-state index is 0.0354. The number of nitrogens with one attached hydrogen (secondary N) is 1. The minimum Gasteiger partial charge on any atom is -0.504 e. The Morgan fingerprint density at radius 1 is 1.17 bits per heavy atom. The smallest absolute Gasteiger partial charge is 0.337 e. The van der Waals surface area contributed by atoms with Gasteiger partial charge in [-0.3, -0.25) is 9.59 Å². The van der Waals surface area contributed by atoms with Gasteiger partial charge in [0, 0.05) is 22.9 Å². The summed E-state index contributed by atoms with van der Waals surface area (Å²) in [5.41, 5.74) is 2.60. The second kappa shape index (κ2) is 10.8. The Bertz CT molecular complexity index is 1110. The van der Waals surface area contributed by atoms with Gasteiger partial charge in [0.2, 0.25) is 0 Å². The molecule has 1 heterocycles. The third-order valence-electron chi connectivity index (χ3n) is 7.41. The van der Waals surface area contributed by atoms with E-state index in [1.165, 1.54) is 13.2 Å². The van der Waals surface area contributed by atoms with Crippen LogP contribution in [0.5, 0.6) is 11.5 Å². The number of benzene rings is 1. The molecule has 194 valence electrons. The van der Waals surface area contributed by atoms with Gasteiger partial charge in [-0.2, -0.15) is 0 Å². The Balaban J connectivity index is 1.82. The van der Waals surface area contributed by atoms with Gasteiger partial charge in [-0.05, 0) is 69.6 Å². The molecule has 3 unspecified atom stereocenters. The molecule has 0 aromatic heterocycles. The fraction of sp³-hybridized carbons (Fsp3) is 0.536. The second-order valence-electron chi connectivity index (χ2n) is 9.86. The summed E-state index contributed by atoms with van der Waals surface area (Å²) in [7, 11) is 1.27. The maximum absolute atomic E-state index is 13.8. The van der Waals surface area contributed by atoms with Gasteiger partial charge >= 0.3 is 11.9 Å². The normalized spacial score (nSPS) is 24.7. The van der Waals surface area contributed by atoms with Crippen LogP contribution in [0.1, 0.15) is 70.8 Å². The number of dihydropyridines is 1. The van der Waals surface area contributed by atoms with Crippen molar-refractivity contribution < 1.29 is 33.7 Å². The van der Waals surface area contributed by atoms with Gasteiger partial charge < -0.3 is 24.6 Å². The second-order valence-corrected chi connectivity index (χ2v) is 9.86. The number of hydrogen-bond donors (Lipinski definition) is 2. The highest BCUT2D eigenvalue weighted by Crippen LogP contribution is 2.47. The van der Waals surface area contributed by atoms with Gasteiger partial charge in [0.15, 0.2) is 17.3 Å². The van der Waals surface area contributed by atoms with Gasteiger partial charge in [0.25, 0.3) is 0 Å². The summed E-state index contributed by atoms with van der Waals surface area (Å²) in [6, 6.07) is 4.83.